The predicted octanol–water partition coefficient (Wildman–Crippen LogP) is 4.39. The number of nitrogens with zero attached hydrogens (tertiary/aromatic N) is 4. The van der Waals surface area contributed by atoms with E-state index in [0.29, 0.717) is 17.1 Å². The second-order valence-electron chi connectivity index (χ2n) is 7.80. The molecule has 4 rings (SSSR count). The van der Waals surface area contributed by atoms with Crippen LogP contribution in [0.4, 0.5) is 8.78 Å². The molecule has 3 aromatic heterocycles. The van der Waals surface area contributed by atoms with Crippen molar-refractivity contribution in [2.24, 2.45) is 5.92 Å². The summed E-state index contributed by atoms with van der Waals surface area (Å²) in [6.07, 6.45) is 5.31. The molecule has 32 heavy (non-hydrogen) atoms. The van der Waals surface area contributed by atoms with Gasteiger partial charge in [-0.3, -0.25) is 13.9 Å². The first-order valence-electron chi connectivity index (χ1n) is 10.0. The number of aromatic nitrogens is 4. The molecule has 0 aliphatic heterocycles. The molecule has 0 aliphatic carbocycles. The Morgan fingerprint density at radius 1 is 1.22 bits per heavy atom. The van der Waals surface area contributed by atoms with Gasteiger partial charge in [-0.05, 0) is 37.6 Å². The van der Waals surface area contributed by atoms with Gasteiger partial charge in [0.05, 0.1) is 35.6 Å². The van der Waals surface area contributed by atoms with E-state index in [9.17, 15) is 13.6 Å². The highest BCUT2D eigenvalue weighted by Crippen LogP contribution is 2.31. The average molecular weight is 440 g/mol. The minimum Gasteiger partial charge on any atom is -0.485 e. The summed E-state index contributed by atoms with van der Waals surface area (Å²) in [5.41, 5.74) is 3.48. The molecule has 0 spiro atoms. The molecular weight excluding hydrogens is 418 g/mol. The summed E-state index contributed by atoms with van der Waals surface area (Å²) < 4.78 is 37.2. The molecule has 7 nitrogen and oxygen atoms in total. The van der Waals surface area contributed by atoms with E-state index >= 15 is 0 Å². The Morgan fingerprint density at radius 2 is 1.94 bits per heavy atom. The van der Waals surface area contributed by atoms with Crippen LogP contribution in [0, 0.1) is 31.4 Å². The number of pyridine rings is 1. The van der Waals surface area contributed by atoms with Gasteiger partial charge in [0.1, 0.15) is 18.2 Å². The lowest BCUT2D eigenvalue weighted by Crippen LogP contribution is -2.16. The lowest BCUT2D eigenvalue weighted by molar-refractivity contribution is -0.141. The molecular formula is C23H22F2N4O3. The third kappa shape index (κ3) is 4.05. The van der Waals surface area contributed by atoms with Gasteiger partial charge in [0.2, 0.25) is 0 Å². The maximum atomic E-state index is 14.0. The number of aryl methyl sites for hydroxylation is 2. The number of aliphatic carboxylic acids is 1. The number of benzene rings is 1. The molecule has 0 amide bonds. The van der Waals surface area contributed by atoms with E-state index < -0.39 is 23.5 Å². The largest absolute Gasteiger partial charge is 0.485 e. The van der Waals surface area contributed by atoms with Crippen LogP contribution >= 0.6 is 0 Å². The van der Waals surface area contributed by atoms with Gasteiger partial charge in [-0.1, -0.05) is 13.0 Å². The van der Waals surface area contributed by atoms with Crippen LogP contribution in [0.2, 0.25) is 0 Å². The third-order valence-corrected chi connectivity index (χ3v) is 5.22. The van der Waals surface area contributed by atoms with Crippen molar-refractivity contribution < 1.29 is 23.4 Å². The van der Waals surface area contributed by atoms with Crippen LogP contribution in [0.1, 0.15) is 23.7 Å². The van der Waals surface area contributed by atoms with Gasteiger partial charge in [0.15, 0.2) is 11.4 Å². The van der Waals surface area contributed by atoms with Gasteiger partial charge < -0.3 is 9.84 Å². The average Bonchev–Trinajstić information content (AvgIpc) is 3.30. The van der Waals surface area contributed by atoms with Crippen molar-refractivity contribution >= 4 is 11.6 Å². The number of rotatable bonds is 7. The van der Waals surface area contributed by atoms with Crippen LogP contribution in [-0.2, 0) is 17.9 Å². The van der Waals surface area contributed by atoms with Crippen molar-refractivity contribution in [3.63, 3.8) is 0 Å². The van der Waals surface area contributed by atoms with Crippen LogP contribution in [0.5, 0.6) is 5.75 Å². The van der Waals surface area contributed by atoms with Crippen molar-refractivity contribution in [3.8, 4) is 17.0 Å². The molecule has 1 atom stereocenters. The normalized spacial score (nSPS) is 12.3. The summed E-state index contributed by atoms with van der Waals surface area (Å²) in [5, 5.41) is 13.4. The molecule has 0 aliphatic rings. The third-order valence-electron chi connectivity index (χ3n) is 5.22. The molecule has 0 radical (unpaired) electrons. The number of ether oxygens (including phenoxy) is 1. The van der Waals surface area contributed by atoms with Gasteiger partial charge in [0.25, 0.3) is 0 Å². The summed E-state index contributed by atoms with van der Waals surface area (Å²) in [5.74, 6) is -2.41. The first kappa shape index (κ1) is 21.5. The number of fused-ring (bicyclic) bond motifs is 1. The second-order valence-corrected chi connectivity index (χ2v) is 7.80. The molecule has 1 aromatic carbocycles. The van der Waals surface area contributed by atoms with Gasteiger partial charge >= 0.3 is 5.97 Å². The summed E-state index contributed by atoms with van der Waals surface area (Å²) in [6, 6.07) is 5.45. The Bertz CT molecular complexity index is 1290. The molecule has 0 bridgehead atoms. The molecule has 3 heterocycles. The number of hydrogen-bond acceptors (Lipinski definition) is 4. The maximum absolute atomic E-state index is 14.0. The Kier molecular flexibility index (Phi) is 5.65. The highest BCUT2D eigenvalue weighted by Gasteiger charge is 2.19. The van der Waals surface area contributed by atoms with E-state index in [1.54, 1.807) is 30.1 Å². The van der Waals surface area contributed by atoms with E-state index in [1.165, 1.54) is 18.2 Å². The van der Waals surface area contributed by atoms with Crippen molar-refractivity contribution in [2.75, 3.05) is 0 Å². The lowest BCUT2D eigenvalue weighted by atomic mass is 10.2. The molecule has 9 heteroatoms. The summed E-state index contributed by atoms with van der Waals surface area (Å²) >= 11 is 0. The number of halogens is 2. The molecule has 166 valence electrons. The Labute approximate surface area is 182 Å². The molecule has 0 saturated heterocycles. The Hall–Kier alpha value is -3.75. The van der Waals surface area contributed by atoms with Crippen molar-refractivity contribution in [1.29, 1.82) is 0 Å². The fourth-order valence-corrected chi connectivity index (χ4v) is 3.58. The van der Waals surface area contributed by atoms with Gasteiger partial charge in [-0.15, -0.1) is 0 Å². The monoisotopic (exact) mass is 440 g/mol. The van der Waals surface area contributed by atoms with Crippen LogP contribution in [0.25, 0.3) is 16.9 Å². The van der Waals surface area contributed by atoms with E-state index in [-0.39, 0.29) is 18.7 Å². The zero-order chi connectivity index (χ0) is 23.0. The van der Waals surface area contributed by atoms with Gasteiger partial charge in [-0.2, -0.15) is 5.10 Å². The topological polar surface area (TPSA) is 81.7 Å². The molecule has 1 N–H and O–H groups in total. The molecule has 0 saturated carbocycles. The van der Waals surface area contributed by atoms with Gasteiger partial charge in [-0.25, -0.2) is 13.8 Å². The number of carboxylic acid groups (broad SMARTS) is 1. The van der Waals surface area contributed by atoms with Crippen LogP contribution < -0.4 is 4.74 Å². The van der Waals surface area contributed by atoms with Crippen molar-refractivity contribution in [2.45, 2.75) is 33.9 Å². The minimum absolute atomic E-state index is 0.149. The Morgan fingerprint density at radius 3 is 2.62 bits per heavy atom. The first-order chi connectivity index (χ1) is 15.2. The van der Waals surface area contributed by atoms with E-state index in [2.05, 4.69) is 10.1 Å². The lowest BCUT2D eigenvalue weighted by Gasteiger charge is -2.11. The number of hydrogen-bond donors (Lipinski definition) is 1. The fraction of sp³-hybridized carbons (Fsp3) is 0.261. The van der Waals surface area contributed by atoms with Gasteiger partial charge in [0, 0.05) is 18.0 Å². The smallest absolute Gasteiger partial charge is 0.308 e. The predicted molar refractivity (Wildman–Crippen MR) is 113 cm³/mol. The van der Waals surface area contributed by atoms with Crippen LogP contribution in [-0.4, -0.2) is 30.2 Å². The number of carbonyl (C=O) groups is 1. The van der Waals surface area contributed by atoms with Crippen LogP contribution in [0.3, 0.4) is 0 Å². The quantitative estimate of drug-likeness (QED) is 0.461. The Balaban J connectivity index is 1.70. The summed E-state index contributed by atoms with van der Waals surface area (Å²) in [7, 11) is 0. The number of imidazole rings is 1. The highest BCUT2D eigenvalue weighted by atomic mass is 19.1. The summed E-state index contributed by atoms with van der Waals surface area (Å²) in [6.45, 7) is 5.31. The summed E-state index contributed by atoms with van der Waals surface area (Å²) in [4.78, 5) is 15.7. The van der Waals surface area contributed by atoms with Crippen molar-refractivity contribution in [1.82, 2.24) is 19.2 Å². The van der Waals surface area contributed by atoms with E-state index in [1.807, 2.05) is 24.4 Å². The molecule has 4 aromatic rings. The SMILES string of the molecule is Cc1cc(OCc2c(F)cccc2F)c2nc(C)c(-c3cnn(CC(C)C(=O)O)c3)n2c1. The first-order valence-corrected chi connectivity index (χ1v) is 10.0. The number of carboxylic acids is 1. The van der Waals surface area contributed by atoms with E-state index in [0.717, 1.165) is 16.8 Å². The zero-order valence-electron chi connectivity index (χ0n) is 17.8. The van der Waals surface area contributed by atoms with Crippen LogP contribution in [0.15, 0.2) is 42.9 Å². The fourth-order valence-electron chi connectivity index (χ4n) is 3.58. The highest BCUT2D eigenvalue weighted by molar-refractivity contribution is 5.70. The second kappa shape index (κ2) is 8.41. The zero-order valence-corrected chi connectivity index (χ0v) is 17.8. The maximum Gasteiger partial charge on any atom is 0.308 e. The molecule has 1 unspecified atom stereocenters. The van der Waals surface area contributed by atoms with Crippen molar-refractivity contribution in [3.05, 3.63) is 71.3 Å². The minimum atomic E-state index is -0.892. The standard InChI is InChI=1S/C23H22F2N4O3/c1-13-7-20(32-12-17-18(24)5-4-6-19(17)25)22-27-15(3)21(29(22)9-13)16-8-26-28(11-16)10-14(2)23(30)31/h4-9,11,14H,10,12H2,1-3H3,(H,30,31). The molecule has 0 fully saturated rings. The van der Waals surface area contributed by atoms with E-state index in [4.69, 9.17) is 9.84 Å².